The highest BCUT2D eigenvalue weighted by Crippen LogP contribution is 2.23. The van der Waals surface area contributed by atoms with Gasteiger partial charge in [0.1, 0.15) is 0 Å². The van der Waals surface area contributed by atoms with Crippen molar-refractivity contribution in [3.63, 3.8) is 0 Å². The molecule has 21 heavy (non-hydrogen) atoms. The van der Waals surface area contributed by atoms with Gasteiger partial charge in [-0.25, -0.2) is 0 Å². The lowest BCUT2D eigenvalue weighted by atomic mass is 9.95. The van der Waals surface area contributed by atoms with E-state index in [0.717, 1.165) is 12.6 Å². The van der Waals surface area contributed by atoms with Crippen molar-refractivity contribution in [2.24, 2.45) is 7.05 Å². The minimum Gasteiger partial charge on any atom is -0.296 e. The number of benzene rings is 1. The topological polar surface area (TPSA) is 21.1 Å². The maximum Gasteiger partial charge on any atom is 0.0534 e. The van der Waals surface area contributed by atoms with Crippen LogP contribution in [0, 0.1) is 0 Å². The smallest absolute Gasteiger partial charge is 0.0534 e. The fourth-order valence-electron chi connectivity index (χ4n) is 3.36. The highest BCUT2D eigenvalue weighted by molar-refractivity contribution is 5.15. The molecule has 2 heterocycles. The molecule has 112 valence electrons. The van der Waals surface area contributed by atoms with Crippen molar-refractivity contribution in [1.29, 1.82) is 0 Å². The first-order chi connectivity index (χ1) is 10.3. The molecule has 1 aliphatic rings. The maximum atomic E-state index is 4.29. The summed E-state index contributed by atoms with van der Waals surface area (Å²) in [5, 5.41) is 4.29. The van der Waals surface area contributed by atoms with E-state index in [1.54, 1.807) is 0 Å². The number of nitrogens with zero attached hydrogens (tertiary/aromatic N) is 3. The predicted octanol–water partition coefficient (Wildman–Crippen LogP) is 3.41. The van der Waals surface area contributed by atoms with Gasteiger partial charge in [-0.05, 0) is 37.8 Å². The van der Waals surface area contributed by atoms with Crippen molar-refractivity contribution in [2.75, 3.05) is 6.54 Å². The average Bonchev–Trinajstić information content (AvgIpc) is 2.93. The molecule has 3 rings (SSSR count). The van der Waals surface area contributed by atoms with Crippen molar-refractivity contribution < 1.29 is 0 Å². The van der Waals surface area contributed by atoms with Crippen LogP contribution < -0.4 is 0 Å². The second-order valence-electron chi connectivity index (χ2n) is 6.17. The van der Waals surface area contributed by atoms with Gasteiger partial charge in [0.05, 0.1) is 6.20 Å². The van der Waals surface area contributed by atoms with Crippen LogP contribution in [0.2, 0.25) is 0 Å². The number of likely N-dealkylation sites (tertiary alicyclic amines) is 1. The van der Waals surface area contributed by atoms with Gasteiger partial charge in [-0.2, -0.15) is 5.10 Å². The summed E-state index contributed by atoms with van der Waals surface area (Å²) in [7, 11) is 1.99. The van der Waals surface area contributed by atoms with Crippen LogP contribution in [-0.4, -0.2) is 27.3 Å². The van der Waals surface area contributed by atoms with Crippen LogP contribution in [0.25, 0.3) is 0 Å². The van der Waals surface area contributed by atoms with E-state index in [2.05, 4.69) is 46.5 Å². The average molecular weight is 283 g/mol. The molecule has 3 nitrogen and oxygen atoms in total. The lowest BCUT2D eigenvalue weighted by Crippen LogP contribution is -2.39. The largest absolute Gasteiger partial charge is 0.296 e. The standard InChI is InChI=1S/C18H25N3/c1-20-14-17(13-19-20)15-21-12-6-5-9-18(21)11-10-16-7-3-2-4-8-16/h2-4,7-8,13-14,18H,5-6,9-12,15H2,1H3. The molecule has 0 bridgehead atoms. The number of aromatic nitrogens is 2. The Labute approximate surface area is 127 Å². The van der Waals surface area contributed by atoms with Crippen LogP contribution in [0.4, 0.5) is 0 Å². The minimum absolute atomic E-state index is 0.721. The van der Waals surface area contributed by atoms with E-state index < -0.39 is 0 Å². The van der Waals surface area contributed by atoms with Gasteiger partial charge in [-0.15, -0.1) is 0 Å². The van der Waals surface area contributed by atoms with E-state index in [-0.39, 0.29) is 0 Å². The molecule has 1 aromatic heterocycles. The fraction of sp³-hybridized carbons (Fsp3) is 0.500. The van der Waals surface area contributed by atoms with E-state index in [9.17, 15) is 0 Å². The molecule has 1 aliphatic heterocycles. The van der Waals surface area contributed by atoms with Gasteiger partial charge in [-0.1, -0.05) is 36.8 Å². The van der Waals surface area contributed by atoms with E-state index in [1.165, 1.54) is 49.8 Å². The number of rotatable bonds is 5. The van der Waals surface area contributed by atoms with E-state index in [1.807, 2.05) is 17.9 Å². The SMILES string of the molecule is Cn1cc(CN2CCCCC2CCc2ccccc2)cn1. The third-order valence-electron chi connectivity index (χ3n) is 4.50. The van der Waals surface area contributed by atoms with Crippen molar-refractivity contribution in [3.8, 4) is 0 Å². The molecule has 0 amide bonds. The first kappa shape index (κ1) is 14.3. The summed E-state index contributed by atoms with van der Waals surface area (Å²) >= 11 is 0. The Kier molecular flexibility index (Phi) is 4.71. The lowest BCUT2D eigenvalue weighted by Gasteiger charge is -2.35. The second-order valence-corrected chi connectivity index (χ2v) is 6.17. The zero-order valence-electron chi connectivity index (χ0n) is 12.9. The van der Waals surface area contributed by atoms with Gasteiger partial charge in [0, 0.05) is 31.4 Å². The van der Waals surface area contributed by atoms with Crippen LogP contribution in [0.15, 0.2) is 42.7 Å². The summed E-state index contributed by atoms with van der Waals surface area (Å²) in [6.45, 7) is 2.28. The van der Waals surface area contributed by atoms with Gasteiger partial charge < -0.3 is 0 Å². The first-order valence-electron chi connectivity index (χ1n) is 8.07. The summed E-state index contributed by atoms with van der Waals surface area (Å²) in [6, 6.07) is 11.6. The Bertz CT molecular complexity index is 547. The minimum atomic E-state index is 0.721. The monoisotopic (exact) mass is 283 g/mol. The molecular weight excluding hydrogens is 258 g/mol. The Hall–Kier alpha value is -1.61. The maximum absolute atomic E-state index is 4.29. The van der Waals surface area contributed by atoms with E-state index in [0.29, 0.717) is 0 Å². The number of aryl methyl sites for hydroxylation is 2. The van der Waals surface area contributed by atoms with Gasteiger partial charge >= 0.3 is 0 Å². The molecule has 0 spiro atoms. The summed E-state index contributed by atoms with van der Waals surface area (Å²) in [4.78, 5) is 2.66. The van der Waals surface area contributed by atoms with Crippen molar-refractivity contribution in [2.45, 2.75) is 44.7 Å². The Morgan fingerprint density at radius 3 is 2.76 bits per heavy atom. The first-order valence-corrected chi connectivity index (χ1v) is 8.07. The van der Waals surface area contributed by atoms with Crippen LogP contribution in [0.1, 0.15) is 36.8 Å². The van der Waals surface area contributed by atoms with E-state index in [4.69, 9.17) is 0 Å². The number of hydrogen-bond donors (Lipinski definition) is 0. The van der Waals surface area contributed by atoms with Gasteiger partial charge in [0.25, 0.3) is 0 Å². The van der Waals surface area contributed by atoms with Crippen molar-refractivity contribution in [1.82, 2.24) is 14.7 Å². The summed E-state index contributed by atoms with van der Waals surface area (Å²) < 4.78 is 1.90. The molecule has 0 N–H and O–H groups in total. The molecule has 1 aromatic carbocycles. The van der Waals surface area contributed by atoms with Crippen LogP contribution in [0.3, 0.4) is 0 Å². The highest BCUT2D eigenvalue weighted by atomic mass is 15.2. The third-order valence-corrected chi connectivity index (χ3v) is 4.50. The van der Waals surface area contributed by atoms with Gasteiger partial charge in [0.15, 0.2) is 0 Å². The molecule has 0 radical (unpaired) electrons. The number of piperidine rings is 1. The molecule has 1 fully saturated rings. The molecule has 2 aromatic rings. The van der Waals surface area contributed by atoms with Crippen LogP contribution in [-0.2, 0) is 20.0 Å². The van der Waals surface area contributed by atoms with Crippen molar-refractivity contribution in [3.05, 3.63) is 53.9 Å². The molecular formula is C18H25N3. The van der Waals surface area contributed by atoms with Gasteiger partial charge in [-0.3, -0.25) is 9.58 Å². The normalized spacial score (nSPS) is 19.8. The molecule has 0 saturated carbocycles. The molecule has 3 heteroatoms. The Balaban J connectivity index is 1.59. The zero-order valence-corrected chi connectivity index (χ0v) is 12.9. The molecule has 1 atom stereocenters. The summed E-state index contributed by atoms with van der Waals surface area (Å²) in [5.41, 5.74) is 2.80. The molecule has 1 saturated heterocycles. The van der Waals surface area contributed by atoms with E-state index >= 15 is 0 Å². The Morgan fingerprint density at radius 1 is 1.14 bits per heavy atom. The zero-order chi connectivity index (χ0) is 14.5. The lowest BCUT2D eigenvalue weighted by molar-refractivity contribution is 0.132. The number of hydrogen-bond acceptors (Lipinski definition) is 2. The molecule has 1 unspecified atom stereocenters. The summed E-state index contributed by atoms with van der Waals surface area (Å²) in [5.74, 6) is 0. The fourth-order valence-corrected chi connectivity index (χ4v) is 3.36. The van der Waals surface area contributed by atoms with Crippen LogP contribution >= 0.6 is 0 Å². The highest BCUT2D eigenvalue weighted by Gasteiger charge is 2.22. The third kappa shape index (κ3) is 3.94. The van der Waals surface area contributed by atoms with Crippen LogP contribution in [0.5, 0.6) is 0 Å². The molecule has 0 aliphatic carbocycles. The Morgan fingerprint density at radius 2 is 2.00 bits per heavy atom. The quantitative estimate of drug-likeness (QED) is 0.838. The summed E-state index contributed by atoms with van der Waals surface area (Å²) in [6.07, 6.45) is 10.7. The second kappa shape index (κ2) is 6.90. The van der Waals surface area contributed by atoms with Gasteiger partial charge in [0.2, 0.25) is 0 Å². The predicted molar refractivity (Wildman–Crippen MR) is 86.0 cm³/mol. The van der Waals surface area contributed by atoms with Crippen molar-refractivity contribution >= 4 is 0 Å².